The standard InChI is InChI=1S/C16H23NO2/c1-11-5-4-8-17(13(11)3)10-15-7-6-14(16(18)19)9-12(15)2/h6-7,9,11,13H,4-5,8,10H2,1-3H3,(H,18,19). The second-order valence-corrected chi connectivity index (χ2v) is 5.78. The molecule has 2 rings (SSSR count). The van der Waals surface area contributed by atoms with Gasteiger partial charge >= 0.3 is 5.97 Å². The van der Waals surface area contributed by atoms with Gasteiger partial charge in [-0.2, -0.15) is 0 Å². The monoisotopic (exact) mass is 261 g/mol. The van der Waals surface area contributed by atoms with Crippen LogP contribution < -0.4 is 0 Å². The fourth-order valence-corrected chi connectivity index (χ4v) is 2.87. The summed E-state index contributed by atoms with van der Waals surface area (Å²) in [6.07, 6.45) is 2.58. The summed E-state index contributed by atoms with van der Waals surface area (Å²) >= 11 is 0. The first-order valence-corrected chi connectivity index (χ1v) is 7.06. The Balaban J connectivity index is 2.12. The van der Waals surface area contributed by atoms with Crippen LogP contribution in [-0.2, 0) is 6.54 Å². The maximum absolute atomic E-state index is 10.9. The molecule has 104 valence electrons. The zero-order chi connectivity index (χ0) is 14.0. The van der Waals surface area contributed by atoms with Crippen molar-refractivity contribution in [2.24, 2.45) is 5.92 Å². The number of benzene rings is 1. The summed E-state index contributed by atoms with van der Waals surface area (Å²) in [5.41, 5.74) is 2.69. The molecule has 3 heteroatoms. The largest absolute Gasteiger partial charge is 0.478 e. The van der Waals surface area contributed by atoms with E-state index in [0.29, 0.717) is 11.6 Å². The number of carboxylic acids is 1. The molecule has 0 bridgehead atoms. The van der Waals surface area contributed by atoms with E-state index in [2.05, 4.69) is 18.7 Å². The highest BCUT2D eigenvalue weighted by Gasteiger charge is 2.24. The van der Waals surface area contributed by atoms with E-state index in [9.17, 15) is 4.79 Å². The van der Waals surface area contributed by atoms with Gasteiger partial charge in [-0.25, -0.2) is 4.79 Å². The van der Waals surface area contributed by atoms with Crippen molar-refractivity contribution in [3.63, 3.8) is 0 Å². The third-order valence-corrected chi connectivity index (χ3v) is 4.47. The summed E-state index contributed by atoms with van der Waals surface area (Å²) in [6, 6.07) is 6.05. The Morgan fingerprint density at radius 1 is 1.42 bits per heavy atom. The second kappa shape index (κ2) is 5.74. The number of carbonyl (C=O) groups is 1. The van der Waals surface area contributed by atoms with Crippen LogP contribution >= 0.6 is 0 Å². The highest BCUT2D eigenvalue weighted by atomic mass is 16.4. The van der Waals surface area contributed by atoms with Crippen molar-refractivity contribution < 1.29 is 9.90 Å². The molecule has 1 N–H and O–H groups in total. The first-order chi connectivity index (χ1) is 8.99. The van der Waals surface area contributed by atoms with Crippen LogP contribution in [0.3, 0.4) is 0 Å². The average molecular weight is 261 g/mol. The molecule has 0 aliphatic carbocycles. The molecule has 0 amide bonds. The SMILES string of the molecule is Cc1cc(C(=O)O)ccc1CN1CCCC(C)C1C. The molecular formula is C16H23NO2. The van der Waals surface area contributed by atoms with Crippen LogP contribution in [0.15, 0.2) is 18.2 Å². The maximum atomic E-state index is 10.9. The van der Waals surface area contributed by atoms with Crippen molar-refractivity contribution in [1.82, 2.24) is 4.90 Å². The summed E-state index contributed by atoms with van der Waals surface area (Å²) in [4.78, 5) is 13.4. The predicted octanol–water partition coefficient (Wildman–Crippen LogP) is 3.31. The Morgan fingerprint density at radius 3 is 2.79 bits per heavy atom. The number of hydrogen-bond donors (Lipinski definition) is 1. The van der Waals surface area contributed by atoms with E-state index in [0.717, 1.165) is 24.6 Å². The molecule has 1 aliphatic heterocycles. The normalized spacial score (nSPS) is 24.4. The third kappa shape index (κ3) is 3.16. The molecule has 0 radical (unpaired) electrons. The molecule has 2 unspecified atom stereocenters. The number of piperidine rings is 1. The third-order valence-electron chi connectivity index (χ3n) is 4.47. The zero-order valence-electron chi connectivity index (χ0n) is 12.0. The van der Waals surface area contributed by atoms with Crippen molar-refractivity contribution in [1.29, 1.82) is 0 Å². The smallest absolute Gasteiger partial charge is 0.335 e. The van der Waals surface area contributed by atoms with Gasteiger partial charge in [-0.15, -0.1) is 0 Å². The Bertz CT molecular complexity index is 470. The molecule has 0 saturated carbocycles. The van der Waals surface area contributed by atoms with Crippen molar-refractivity contribution in [2.75, 3.05) is 6.54 Å². The van der Waals surface area contributed by atoms with E-state index in [1.54, 1.807) is 12.1 Å². The number of aromatic carboxylic acids is 1. The maximum Gasteiger partial charge on any atom is 0.335 e. The van der Waals surface area contributed by atoms with Gasteiger partial charge in [0.25, 0.3) is 0 Å². The quantitative estimate of drug-likeness (QED) is 0.907. The van der Waals surface area contributed by atoms with E-state index in [-0.39, 0.29) is 0 Å². The van der Waals surface area contributed by atoms with Gasteiger partial charge in [-0.05, 0) is 62.4 Å². The number of carboxylic acid groups (broad SMARTS) is 1. The van der Waals surface area contributed by atoms with Gasteiger partial charge in [0.05, 0.1) is 5.56 Å². The average Bonchev–Trinajstić information content (AvgIpc) is 2.37. The number of rotatable bonds is 3. The minimum absolute atomic E-state index is 0.376. The molecule has 1 aliphatic rings. The first kappa shape index (κ1) is 14.1. The minimum Gasteiger partial charge on any atom is -0.478 e. The molecular weight excluding hydrogens is 238 g/mol. The first-order valence-electron chi connectivity index (χ1n) is 7.06. The summed E-state index contributed by atoms with van der Waals surface area (Å²) in [5, 5.41) is 8.99. The van der Waals surface area contributed by atoms with E-state index in [1.807, 2.05) is 13.0 Å². The van der Waals surface area contributed by atoms with Gasteiger partial charge in [-0.3, -0.25) is 4.90 Å². The lowest BCUT2D eigenvalue weighted by molar-refractivity contribution is 0.0696. The van der Waals surface area contributed by atoms with Crippen LogP contribution in [0.25, 0.3) is 0 Å². The number of nitrogens with zero attached hydrogens (tertiary/aromatic N) is 1. The van der Waals surface area contributed by atoms with Gasteiger partial charge < -0.3 is 5.11 Å². The molecule has 1 saturated heterocycles. The molecule has 2 atom stereocenters. The lowest BCUT2D eigenvalue weighted by atomic mass is 9.91. The molecule has 19 heavy (non-hydrogen) atoms. The molecule has 0 spiro atoms. The summed E-state index contributed by atoms with van der Waals surface area (Å²) < 4.78 is 0. The number of hydrogen-bond acceptors (Lipinski definition) is 2. The molecule has 1 aromatic carbocycles. The second-order valence-electron chi connectivity index (χ2n) is 5.78. The number of aryl methyl sites for hydroxylation is 1. The zero-order valence-corrected chi connectivity index (χ0v) is 12.0. The topological polar surface area (TPSA) is 40.5 Å². The van der Waals surface area contributed by atoms with Crippen molar-refractivity contribution in [3.05, 3.63) is 34.9 Å². The molecule has 3 nitrogen and oxygen atoms in total. The van der Waals surface area contributed by atoms with Crippen LogP contribution in [0.4, 0.5) is 0 Å². The fraction of sp³-hybridized carbons (Fsp3) is 0.562. The molecule has 1 fully saturated rings. The van der Waals surface area contributed by atoms with Crippen molar-refractivity contribution >= 4 is 5.97 Å². The van der Waals surface area contributed by atoms with Crippen molar-refractivity contribution in [2.45, 2.75) is 46.2 Å². The van der Waals surface area contributed by atoms with E-state index < -0.39 is 5.97 Å². The molecule has 1 aromatic rings. The Hall–Kier alpha value is -1.35. The minimum atomic E-state index is -0.852. The lowest BCUT2D eigenvalue weighted by Gasteiger charge is -2.38. The fourth-order valence-electron chi connectivity index (χ4n) is 2.87. The highest BCUT2D eigenvalue weighted by Crippen LogP contribution is 2.25. The van der Waals surface area contributed by atoms with E-state index in [4.69, 9.17) is 5.11 Å². The van der Waals surface area contributed by atoms with Gasteiger partial charge in [0, 0.05) is 12.6 Å². The van der Waals surface area contributed by atoms with Crippen LogP contribution in [0, 0.1) is 12.8 Å². The lowest BCUT2D eigenvalue weighted by Crippen LogP contribution is -2.41. The van der Waals surface area contributed by atoms with Gasteiger partial charge in [0.1, 0.15) is 0 Å². The predicted molar refractivity (Wildman–Crippen MR) is 76.4 cm³/mol. The van der Waals surface area contributed by atoms with Crippen molar-refractivity contribution in [3.8, 4) is 0 Å². The van der Waals surface area contributed by atoms with E-state index in [1.165, 1.54) is 18.4 Å². The molecule has 1 heterocycles. The van der Waals surface area contributed by atoms with E-state index >= 15 is 0 Å². The van der Waals surface area contributed by atoms with Crippen LogP contribution in [0.5, 0.6) is 0 Å². The summed E-state index contributed by atoms with van der Waals surface area (Å²) in [5.74, 6) is -0.109. The molecule has 0 aromatic heterocycles. The Morgan fingerprint density at radius 2 is 2.16 bits per heavy atom. The van der Waals surface area contributed by atoms with Gasteiger partial charge in [0.15, 0.2) is 0 Å². The summed E-state index contributed by atoms with van der Waals surface area (Å²) in [6.45, 7) is 8.69. The highest BCUT2D eigenvalue weighted by molar-refractivity contribution is 5.87. The number of likely N-dealkylation sites (tertiary alicyclic amines) is 1. The van der Waals surface area contributed by atoms with Crippen LogP contribution in [0.2, 0.25) is 0 Å². The van der Waals surface area contributed by atoms with Gasteiger partial charge in [-0.1, -0.05) is 13.0 Å². The Kier molecular flexibility index (Phi) is 4.25. The summed E-state index contributed by atoms with van der Waals surface area (Å²) in [7, 11) is 0. The van der Waals surface area contributed by atoms with Crippen LogP contribution in [-0.4, -0.2) is 28.6 Å². The van der Waals surface area contributed by atoms with Gasteiger partial charge in [0.2, 0.25) is 0 Å². The van der Waals surface area contributed by atoms with Crippen LogP contribution in [0.1, 0.15) is 48.2 Å². The Labute approximate surface area is 115 Å².